The molecule has 1 aliphatic heterocycles. The summed E-state index contributed by atoms with van der Waals surface area (Å²) in [5.41, 5.74) is 8.30. The molecule has 1 unspecified atom stereocenters. The first-order chi connectivity index (χ1) is 9.89. The molecule has 0 spiro atoms. The summed E-state index contributed by atoms with van der Waals surface area (Å²) in [5.74, 6) is 0. The van der Waals surface area contributed by atoms with E-state index >= 15 is 0 Å². The van der Waals surface area contributed by atoms with Gasteiger partial charge < -0.3 is 10.6 Å². The fourth-order valence-electron chi connectivity index (χ4n) is 2.87. The van der Waals surface area contributed by atoms with E-state index in [0.717, 1.165) is 18.7 Å². The van der Waals surface area contributed by atoms with Crippen LogP contribution in [0.3, 0.4) is 0 Å². The lowest BCUT2D eigenvalue weighted by Gasteiger charge is -2.36. The highest BCUT2D eigenvalue weighted by Gasteiger charge is 2.27. The van der Waals surface area contributed by atoms with E-state index in [1.807, 2.05) is 6.07 Å². The first-order valence-corrected chi connectivity index (χ1v) is 9.06. The van der Waals surface area contributed by atoms with Crippen molar-refractivity contribution in [2.24, 2.45) is 5.14 Å². The minimum atomic E-state index is -3.81. The van der Waals surface area contributed by atoms with Gasteiger partial charge in [0.1, 0.15) is 4.90 Å². The third-order valence-electron chi connectivity index (χ3n) is 3.94. The van der Waals surface area contributed by atoms with Crippen LogP contribution in [0.4, 0.5) is 11.4 Å². The molecule has 3 rings (SSSR count). The minimum absolute atomic E-state index is 0.0108. The number of para-hydroxylation sites is 1. The van der Waals surface area contributed by atoms with Gasteiger partial charge in [-0.2, -0.15) is 0 Å². The number of thiophene rings is 1. The van der Waals surface area contributed by atoms with Gasteiger partial charge in [-0.15, -0.1) is 11.3 Å². The van der Waals surface area contributed by atoms with E-state index in [0.29, 0.717) is 0 Å². The molecule has 1 atom stereocenters. The van der Waals surface area contributed by atoms with Gasteiger partial charge in [-0.1, -0.05) is 6.07 Å². The third kappa shape index (κ3) is 2.41. The van der Waals surface area contributed by atoms with Gasteiger partial charge in [0, 0.05) is 11.4 Å². The molecule has 1 aliphatic rings. The molecule has 0 amide bonds. The monoisotopic (exact) mass is 323 g/mol. The Hall–Kier alpha value is -1.57. The molecule has 7 heteroatoms. The van der Waals surface area contributed by atoms with Crippen molar-refractivity contribution in [1.82, 2.24) is 0 Å². The van der Waals surface area contributed by atoms with Crippen LogP contribution in [0.15, 0.2) is 34.5 Å². The van der Waals surface area contributed by atoms with Crippen LogP contribution in [0, 0.1) is 0 Å². The van der Waals surface area contributed by atoms with Crippen LogP contribution in [0.1, 0.15) is 23.4 Å². The molecule has 0 aliphatic carbocycles. The highest BCUT2D eigenvalue weighted by atomic mass is 32.2. The van der Waals surface area contributed by atoms with Gasteiger partial charge in [0.15, 0.2) is 0 Å². The van der Waals surface area contributed by atoms with Crippen LogP contribution in [-0.4, -0.2) is 15.0 Å². The van der Waals surface area contributed by atoms with Crippen LogP contribution in [0.5, 0.6) is 0 Å². The summed E-state index contributed by atoms with van der Waals surface area (Å²) in [6.45, 7) is 2.92. The maximum Gasteiger partial charge on any atom is 0.240 e. The average Bonchev–Trinajstić information content (AvgIpc) is 2.88. The Morgan fingerprint density at radius 3 is 2.81 bits per heavy atom. The van der Waals surface area contributed by atoms with Crippen molar-refractivity contribution in [3.63, 3.8) is 0 Å². The van der Waals surface area contributed by atoms with Gasteiger partial charge >= 0.3 is 0 Å². The number of hydrogen-bond donors (Lipinski definition) is 2. The first kappa shape index (κ1) is 14.4. The molecule has 0 bridgehead atoms. The quantitative estimate of drug-likeness (QED) is 0.828. The van der Waals surface area contributed by atoms with Crippen LogP contribution in [0.25, 0.3) is 0 Å². The zero-order valence-electron chi connectivity index (χ0n) is 11.6. The molecule has 1 aromatic heterocycles. The number of nitrogens with zero attached hydrogens (tertiary/aromatic N) is 1. The summed E-state index contributed by atoms with van der Waals surface area (Å²) in [5, 5.41) is 7.32. The summed E-state index contributed by atoms with van der Waals surface area (Å²) < 4.78 is 23.2. The van der Waals surface area contributed by atoms with E-state index in [1.54, 1.807) is 17.4 Å². The smallest absolute Gasteiger partial charge is 0.240 e. The van der Waals surface area contributed by atoms with Gasteiger partial charge in [0.25, 0.3) is 0 Å². The third-order valence-corrected chi connectivity index (χ3v) is 5.90. The van der Waals surface area contributed by atoms with Crippen molar-refractivity contribution in [1.29, 1.82) is 0 Å². The van der Waals surface area contributed by atoms with Gasteiger partial charge in [-0.05, 0) is 42.5 Å². The maximum atomic E-state index is 11.6. The first-order valence-electron chi connectivity index (χ1n) is 6.64. The summed E-state index contributed by atoms with van der Waals surface area (Å²) in [7, 11) is -3.81. The second kappa shape index (κ2) is 5.01. The van der Waals surface area contributed by atoms with Crippen LogP contribution >= 0.6 is 11.3 Å². The molecular formula is C14H17N3O2S2. The highest BCUT2D eigenvalue weighted by Crippen LogP contribution is 2.39. The van der Waals surface area contributed by atoms with Crippen molar-refractivity contribution < 1.29 is 8.42 Å². The van der Waals surface area contributed by atoms with E-state index in [2.05, 4.69) is 23.3 Å². The summed E-state index contributed by atoms with van der Waals surface area (Å²) >= 11 is 1.76. The highest BCUT2D eigenvalue weighted by molar-refractivity contribution is 7.89. The van der Waals surface area contributed by atoms with Gasteiger partial charge in [0.05, 0.1) is 17.4 Å². The number of nitrogen functional groups attached to an aromatic ring is 1. The Morgan fingerprint density at radius 2 is 2.10 bits per heavy atom. The van der Waals surface area contributed by atoms with Gasteiger partial charge in [-0.25, -0.2) is 13.6 Å². The molecule has 0 radical (unpaired) electrons. The van der Waals surface area contributed by atoms with Crippen molar-refractivity contribution in [2.75, 3.05) is 17.2 Å². The molecular weight excluding hydrogens is 306 g/mol. The Balaban J connectivity index is 2.07. The van der Waals surface area contributed by atoms with E-state index in [4.69, 9.17) is 10.9 Å². The fourth-order valence-corrected chi connectivity index (χ4v) is 4.51. The molecule has 0 saturated heterocycles. The number of primary sulfonamides is 1. The number of benzene rings is 1. The van der Waals surface area contributed by atoms with Crippen LogP contribution < -0.4 is 15.8 Å². The van der Waals surface area contributed by atoms with Crippen molar-refractivity contribution in [2.45, 2.75) is 24.3 Å². The molecule has 1 aromatic carbocycles. The number of hydrogen-bond acceptors (Lipinski definition) is 5. The van der Waals surface area contributed by atoms with Crippen LogP contribution in [-0.2, 0) is 16.4 Å². The Kier molecular flexibility index (Phi) is 3.43. The molecule has 5 nitrogen and oxygen atoms in total. The van der Waals surface area contributed by atoms with Crippen molar-refractivity contribution in [3.05, 3.63) is 40.1 Å². The molecule has 2 aromatic rings. The second-order valence-electron chi connectivity index (χ2n) is 5.15. The molecule has 0 saturated carbocycles. The van der Waals surface area contributed by atoms with Crippen molar-refractivity contribution in [3.8, 4) is 0 Å². The molecule has 0 fully saturated rings. The molecule has 21 heavy (non-hydrogen) atoms. The van der Waals surface area contributed by atoms with E-state index in [-0.39, 0.29) is 16.6 Å². The lowest BCUT2D eigenvalue weighted by molar-refractivity contribution is 0.597. The SMILES string of the molecule is CC1c2ccsc2CCN1c1cccc(S(N)(=O)=O)c1N. The summed E-state index contributed by atoms with van der Waals surface area (Å²) in [4.78, 5) is 3.52. The molecule has 2 heterocycles. The van der Waals surface area contributed by atoms with Gasteiger partial charge in [0.2, 0.25) is 10.0 Å². The lowest BCUT2D eigenvalue weighted by Crippen LogP contribution is -2.34. The number of anilines is 2. The molecule has 112 valence electrons. The van der Waals surface area contributed by atoms with E-state index in [1.165, 1.54) is 16.5 Å². The maximum absolute atomic E-state index is 11.6. The largest absolute Gasteiger partial charge is 0.396 e. The van der Waals surface area contributed by atoms with E-state index in [9.17, 15) is 8.42 Å². The Morgan fingerprint density at radius 1 is 1.33 bits per heavy atom. The standard InChI is InChI=1S/C14H17N3O2S2/c1-9-10-6-8-20-12(10)5-7-17(9)11-3-2-4-13(14(11)15)21(16,18)19/h2-4,6,8-9H,5,7,15H2,1H3,(H2,16,18,19). The lowest BCUT2D eigenvalue weighted by atomic mass is 10.0. The average molecular weight is 323 g/mol. The fraction of sp³-hybridized carbons (Fsp3) is 0.286. The summed E-state index contributed by atoms with van der Waals surface area (Å²) in [6, 6.07) is 7.26. The van der Waals surface area contributed by atoms with Crippen LogP contribution in [0.2, 0.25) is 0 Å². The summed E-state index contributed by atoms with van der Waals surface area (Å²) in [6.07, 6.45) is 0.941. The predicted molar refractivity (Wildman–Crippen MR) is 86.0 cm³/mol. The van der Waals surface area contributed by atoms with E-state index < -0.39 is 10.0 Å². The van der Waals surface area contributed by atoms with Gasteiger partial charge in [-0.3, -0.25) is 0 Å². The number of sulfonamides is 1. The Bertz CT molecular complexity index is 783. The zero-order chi connectivity index (χ0) is 15.2. The Labute approximate surface area is 128 Å². The van der Waals surface area contributed by atoms with Crippen molar-refractivity contribution >= 4 is 32.7 Å². The number of rotatable bonds is 2. The normalized spacial score (nSPS) is 18.6. The minimum Gasteiger partial charge on any atom is -0.396 e. The number of fused-ring (bicyclic) bond motifs is 1. The predicted octanol–water partition coefficient (Wildman–Crippen LogP) is 2.10. The second-order valence-corrected chi connectivity index (χ2v) is 7.68. The number of nitrogens with two attached hydrogens (primary N) is 2. The topological polar surface area (TPSA) is 89.4 Å². The zero-order valence-corrected chi connectivity index (χ0v) is 13.2. The molecule has 4 N–H and O–H groups in total.